The van der Waals surface area contributed by atoms with E-state index in [9.17, 15) is 19.0 Å². The Labute approximate surface area is 248 Å². The van der Waals surface area contributed by atoms with Crippen LogP contribution in [0.3, 0.4) is 0 Å². The van der Waals surface area contributed by atoms with Gasteiger partial charge in [0.2, 0.25) is 0 Å². The van der Waals surface area contributed by atoms with Crippen molar-refractivity contribution < 1.29 is 28.5 Å². The van der Waals surface area contributed by atoms with E-state index in [1.54, 1.807) is 13.2 Å². The minimum absolute atomic E-state index is 0.307. The molecule has 0 radical (unpaired) electrons. The van der Waals surface area contributed by atoms with Crippen LogP contribution in [0.1, 0.15) is 45.1 Å². The van der Waals surface area contributed by atoms with E-state index in [1.807, 2.05) is 71.2 Å². The van der Waals surface area contributed by atoms with Gasteiger partial charge in [0.25, 0.3) is 0 Å². The number of hydrogen-bond acceptors (Lipinski definition) is 8. The number of unbranched alkanes of at least 4 members (excludes halogenated alkanes) is 1. The Morgan fingerprint density at radius 2 is 1.78 bits per heavy atom. The molecule has 3 N–H and O–H groups in total. The maximum atomic E-state index is 12.4. The molecule has 8 nitrogen and oxygen atoms in total. The van der Waals surface area contributed by atoms with Gasteiger partial charge in [-0.25, -0.2) is 4.79 Å². The monoisotopic (exact) mass is 600 g/mol. The van der Waals surface area contributed by atoms with Gasteiger partial charge < -0.3 is 19.5 Å². The molecule has 10 heteroatoms. The summed E-state index contributed by atoms with van der Waals surface area (Å²) in [6, 6.07) is 21.2. The quantitative estimate of drug-likeness (QED) is 0.179. The third-order valence-corrected chi connectivity index (χ3v) is 10.5. The summed E-state index contributed by atoms with van der Waals surface area (Å²) in [5.74, 6) is -0.0572. The lowest BCUT2D eigenvalue weighted by atomic mass is 9.88. The molecule has 1 aliphatic heterocycles. The number of anilines is 2. The van der Waals surface area contributed by atoms with Gasteiger partial charge >= 0.3 is 5.97 Å². The van der Waals surface area contributed by atoms with E-state index in [2.05, 4.69) is 18.7 Å². The van der Waals surface area contributed by atoms with Crippen LogP contribution < -0.4 is 14.4 Å². The molecule has 0 fully saturated rings. The van der Waals surface area contributed by atoms with Gasteiger partial charge in [-0.2, -0.15) is 4.31 Å². The Morgan fingerprint density at radius 1 is 1.07 bits per heavy atom. The SMILES string of the molecule is CCCCC1(CC)CN(c2ccccc2)c2cc(SC)c(OCC(=O)O)cc2S(O)(O)N1Cc1ccc(OC)cc1. The highest BCUT2D eigenvalue weighted by atomic mass is 32.3. The third-order valence-electron chi connectivity index (χ3n) is 7.68. The molecule has 0 saturated carbocycles. The zero-order valence-electron chi connectivity index (χ0n) is 24.1. The number of carbonyl (C=O) groups is 1. The molecular formula is C31H40N2O6S2. The zero-order chi connectivity index (χ0) is 29.6. The highest BCUT2D eigenvalue weighted by Crippen LogP contribution is 2.64. The Morgan fingerprint density at radius 3 is 2.37 bits per heavy atom. The molecule has 0 bridgehead atoms. The van der Waals surface area contributed by atoms with Crippen molar-refractivity contribution in [2.45, 2.75) is 61.4 Å². The Hall–Kier alpha value is -2.89. The summed E-state index contributed by atoms with van der Waals surface area (Å²) in [6.45, 7) is 4.57. The molecule has 0 saturated heterocycles. The number of para-hydroxylation sites is 1. The van der Waals surface area contributed by atoms with E-state index in [4.69, 9.17) is 9.47 Å². The first-order valence-electron chi connectivity index (χ1n) is 13.8. The van der Waals surface area contributed by atoms with Crippen molar-refractivity contribution in [3.8, 4) is 11.5 Å². The van der Waals surface area contributed by atoms with E-state index in [0.717, 1.165) is 41.2 Å². The molecule has 3 aromatic carbocycles. The number of carboxylic acids is 1. The number of rotatable bonds is 12. The van der Waals surface area contributed by atoms with Gasteiger partial charge in [-0.1, -0.05) is 57.0 Å². The summed E-state index contributed by atoms with van der Waals surface area (Å²) in [7, 11) is -1.97. The number of fused-ring (bicyclic) bond motifs is 1. The van der Waals surface area contributed by atoms with Crippen molar-refractivity contribution in [3.05, 3.63) is 72.3 Å². The highest BCUT2D eigenvalue weighted by Gasteiger charge is 2.48. The van der Waals surface area contributed by atoms with Gasteiger partial charge in [0, 0.05) is 24.8 Å². The van der Waals surface area contributed by atoms with E-state index < -0.39 is 28.9 Å². The minimum atomic E-state index is -3.59. The molecule has 0 aromatic heterocycles. The molecule has 3 aromatic rings. The van der Waals surface area contributed by atoms with Gasteiger partial charge in [-0.05, 0) is 55.0 Å². The van der Waals surface area contributed by atoms with Gasteiger partial charge in [0.1, 0.15) is 16.4 Å². The summed E-state index contributed by atoms with van der Waals surface area (Å²) in [5, 5.41) is 9.29. The lowest BCUT2D eigenvalue weighted by molar-refractivity contribution is -0.139. The molecule has 1 aliphatic rings. The molecule has 0 amide bonds. The van der Waals surface area contributed by atoms with E-state index in [1.165, 1.54) is 11.8 Å². The summed E-state index contributed by atoms with van der Waals surface area (Å²) in [4.78, 5) is 14.6. The topological polar surface area (TPSA) is 103 Å². The van der Waals surface area contributed by atoms with Crippen molar-refractivity contribution in [1.29, 1.82) is 0 Å². The maximum absolute atomic E-state index is 12.4. The van der Waals surface area contributed by atoms with Crippen molar-refractivity contribution in [3.63, 3.8) is 0 Å². The summed E-state index contributed by atoms with van der Waals surface area (Å²) < 4.78 is 37.6. The van der Waals surface area contributed by atoms with Crippen molar-refractivity contribution in [2.75, 3.05) is 31.4 Å². The number of aliphatic carboxylic acids is 1. The van der Waals surface area contributed by atoms with E-state index in [0.29, 0.717) is 35.8 Å². The van der Waals surface area contributed by atoms with Crippen LogP contribution in [0.4, 0.5) is 11.4 Å². The summed E-state index contributed by atoms with van der Waals surface area (Å²) >= 11 is 1.43. The fraction of sp³-hybridized carbons (Fsp3) is 0.387. The van der Waals surface area contributed by atoms with Gasteiger partial charge in [0.15, 0.2) is 6.61 Å². The second-order valence-electron chi connectivity index (χ2n) is 10.2. The molecule has 1 unspecified atom stereocenters. The molecule has 0 aliphatic carbocycles. The number of hydrogen-bond donors (Lipinski definition) is 3. The third kappa shape index (κ3) is 6.62. The summed E-state index contributed by atoms with van der Waals surface area (Å²) in [5.41, 5.74) is 1.95. The summed E-state index contributed by atoms with van der Waals surface area (Å²) in [6.07, 6.45) is 5.24. The Bertz CT molecular complexity index is 1320. The number of ether oxygens (including phenoxy) is 2. The predicted molar refractivity (Wildman–Crippen MR) is 167 cm³/mol. The molecule has 1 atom stereocenters. The van der Waals surface area contributed by atoms with Crippen LogP contribution in [0.25, 0.3) is 0 Å². The lowest BCUT2D eigenvalue weighted by Crippen LogP contribution is -2.53. The van der Waals surface area contributed by atoms with Crippen LogP contribution in [0.5, 0.6) is 11.5 Å². The van der Waals surface area contributed by atoms with Crippen LogP contribution >= 0.6 is 22.5 Å². The number of thioether (sulfide) groups is 1. The maximum Gasteiger partial charge on any atom is 0.341 e. The van der Waals surface area contributed by atoms with E-state index >= 15 is 0 Å². The first-order chi connectivity index (χ1) is 19.7. The fourth-order valence-electron chi connectivity index (χ4n) is 5.39. The predicted octanol–water partition coefficient (Wildman–Crippen LogP) is 7.90. The second kappa shape index (κ2) is 13.4. The van der Waals surface area contributed by atoms with Crippen LogP contribution in [0.15, 0.2) is 76.5 Å². The molecule has 1 heterocycles. The molecular weight excluding hydrogens is 560 g/mol. The molecule has 4 rings (SSSR count). The number of methoxy groups -OCH3 is 1. The van der Waals surface area contributed by atoms with E-state index in [-0.39, 0.29) is 0 Å². The van der Waals surface area contributed by atoms with Gasteiger partial charge in [0.05, 0.1) is 23.2 Å². The normalized spacial score (nSPS) is 19.2. The van der Waals surface area contributed by atoms with Crippen LogP contribution in [-0.2, 0) is 11.3 Å². The van der Waals surface area contributed by atoms with Crippen molar-refractivity contribution in [2.24, 2.45) is 0 Å². The fourth-order valence-corrected chi connectivity index (χ4v) is 8.04. The second-order valence-corrected chi connectivity index (χ2v) is 12.9. The standard InChI is InChI=1S/C31H40N2O6S2/c1-5-7-17-31(6-2)22-32(24-11-9-8-10-12-24)26-18-28(40-4)27(39-21-30(34)35)19-29(26)41(36,37)33(31)20-23-13-15-25(38-3)16-14-23/h8-16,18-19,36-37H,5-7,17,20-22H2,1-4H3,(H,34,35). The first kappa shape index (κ1) is 31.1. The number of nitrogens with zero attached hydrogens (tertiary/aromatic N) is 2. The molecule has 41 heavy (non-hydrogen) atoms. The number of benzene rings is 3. The number of carboxylic acid groups (broad SMARTS) is 1. The highest BCUT2D eigenvalue weighted by molar-refractivity contribution is 8.22. The van der Waals surface area contributed by atoms with Crippen LogP contribution in [-0.4, -0.2) is 56.5 Å². The average molecular weight is 601 g/mol. The van der Waals surface area contributed by atoms with Crippen molar-refractivity contribution >= 4 is 39.9 Å². The Balaban J connectivity index is 1.97. The van der Waals surface area contributed by atoms with Crippen molar-refractivity contribution in [1.82, 2.24) is 4.31 Å². The molecule has 0 spiro atoms. The van der Waals surface area contributed by atoms with Gasteiger partial charge in [-0.3, -0.25) is 9.11 Å². The lowest BCUT2D eigenvalue weighted by Gasteiger charge is -2.52. The van der Waals surface area contributed by atoms with Crippen LogP contribution in [0.2, 0.25) is 0 Å². The minimum Gasteiger partial charge on any atom is -0.497 e. The average Bonchev–Trinajstić information content (AvgIpc) is 3.06. The largest absolute Gasteiger partial charge is 0.497 e. The Kier molecular flexibility index (Phi) is 10.1. The molecule has 222 valence electrons. The van der Waals surface area contributed by atoms with Crippen LogP contribution in [0, 0.1) is 0 Å². The first-order valence-corrected chi connectivity index (χ1v) is 16.5. The zero-order valence-corrected chi connectivity index (χ0v) is 25.7. The van der Waals surface area contributed by atoms with Gasteiger partial charge in [-0.15, -0.1) is 22.5 Å². The smallest absolute Gasteiger partial charge is 0.341 e.